The highest BCUT2D eigenvalue weighted by atomic mass is 35.5. The van der Waals surface area contributed by atoms with Gasteiger partial charge >= 0.3 is 5.97 Å². The molecule has 0 aromatic heterocycles. The fraction of sp³-hybridized carbons (Fsp3) is 0.190. The van der Waals surface area contributed by atoms with Crippen LogP contribution in [0.2, 0.25) is 5.02 Å². The number of ether oxygens (including phenoxy) is 1. The van der Waals surface area contributed by atoms with Crippen molar-refractivity contribution in [3.8, 4) is 0 Å². The van der Waals surface area contributed by atoms with E-state index in [1.54, 1.807) is 18.2 Å². The molecule has 1 amide bonds. The normalized spacial score (nSPS) is 12.7. The summed E-state index contributed by atoms with van der Waals surface area (Å²) < 4.78 is 4.76. The number of nitrogens with one attached hydrogen (secondary N) is 2. The minimum atomic E-state index is -0.362. The van der Waals surface area contributed by atoms with Gasteiger partial charge in [-0.3, -0.25) is 9.59 Å². The molecular formula is C21H20ClN3O3S. The maximum Gasteiger partial charge on any atom is 0.311 e. The number of rotatable bonds is 5. The quantitative estimate of drug-likeness (QED) is 0.659. The van der Waals surface area contributed by atoms with Crippen LogP contribution in [0.5, 0.6) is 0 Å². The van der Waals surface area contributed by atoms with E-state index in [2.05, 4.69) is 15.6 Å². The zero-order valence-corrected chi connectivity index (χ0v) is 17.6. The number of anilines is 2. The van der Waals surface area contributed by atoms with E-state index >= 15 is 0 Å². The lowest BCUT2D eigenvalue weighted by molar-refractivity contribution is -0.139. The number of amides is 1. The van der Waals surface area contributed by atoms with Crippen LogP contribution in [0.3, 0.4) is 0 Å². The number of fused-ring (bicyclic) bond motifs is 1. The molecule has 1 aliphatic heterocycles. The Kier molecular flexibility index (Phi) is 6.95. The van der Waals surface area contributed by atoms with Gasteiger partial charge in [0.1, 0.15) is 0 Å². The van der Waals surface area contributed by atoms with Gasteiger partial charge in [-0.2, -0.15) is 0 Å². The molecule has 0 aliphatic carbocycles. The Morgan fingerprint density at radius 3 is 2.79 bits per heavy atom. The Bertz CT molecular complexity index is 1000. The van der Waals surface area contributed by atoms with Gasteiger partial charge in [0.2, 0.25) is 5.91 Å². The lowest BCUT2D eigenvalue weighted by Crippen LogP contribution is -2.15. The summed E-state index contributed by atoms with van der Waals surface area (Å²) >= 11 is 7.45. The van der Waals surface area contributed by atoms with Crippen LogP contribution in [0.25, 0.3) is 0 Å². The molecule has 1 aliphatic rings. The number of carbonyl (C=O) groups is 2. The highest BCUT2D eigenvalue weighted by molar-refractivity contribution is 8.14. The molecule has 150 valence electrons. The molecule has 0 fully saturated rings. The van der Waals surface area contributed by atoms with Crippen LogP contribution in [0.15, 0.2) is 59.2 Å². The van der Waals surface area contributed by atoms with E-state index in [4.69, 9.17) is 16.3 Å². The van der Waals surface area contributed by atoms with E-state index in [0.717, 1.165) is 16.9 Å². The first-order chi connectivity index (χ1) is 13.9. The molecule has 29 heavy (non-hydrogen) atoms. The Morgan fingerprint density at radius 2 is 2.03 bits per heavy atom. The van der Waals surface area contributed by atoms with Crippen LogP contribution >= 0.6 is 23.4 Å². The molecule has 0 saturated carbocycles. The topological polar surface area (TPSA) is 79.8 Å². The van der Waals surface area contributed by atoms with Crippen LogP contribution in [0.4, 0.5) is 17.1 Å². The first kappa shape index (κ1) is 21.0. The van der Waals surface area contributed by atoms with Gasteiger partial charge in [-0.15, -0.1) is 0 Å². The van der Waals surface area contributed by atoms with Gasteiger partial charge in [0.25, 0.3) is 0 Å². The second-order valence-corrected chi connectivity index (χ2v) is 7.74. The van der Waals surface area contributed by atoms with Crippen molar-refractivity contribution >= 4 is 57.3 Å². The fourth-order valence-corrected chi connectivity index (χ4v) is 3.65. The minimum Gasteiger partial charge on any atom is -0.469 e. The van der Waals surface area contributed by atoms with Gasteiger partial charge in [0.05, 0.1) is 46.4 Å². The maximum absolute atomic E-state index is 12.4. The SMILES string of the molecule is COC(=O)CC1=CC(SCC(=O)Nc2ccc(C)cc2Cl)=Nc2ccccc2N1. The third-order valence-electron chi connectivity index (χ3n) is 4.04. The first-order valence-electron chi connectivity index (χ1n) is 8.85. The predicted molar refractivity (Wildman–Crippen MR) is 119 cm³/mol. The summed E-state index contributed by atoms with van der Waals surface area (Å²) in [6.07, 6.45) is 1.84. The van der Waals surface area contributed by atoms with Crippen molar-refractivity contribution in [1.82, 2.24) is 0 Å². The van der Waals surface area contributed by atoms with E-state index < -0.39 is 0 Å². The molecule has 8 heteroatoms. The van der Waals surface area contributed by atoms with Crippen molar-refractivity contribution in [2.24, 2.45) is 4.99 Å². The molecule has 0 bridgehead atoms. The Hall–Kier alpha value is -2.77. The molecule has 0 radical (unpaired) electrons. The first-order valence-corrected chi connectivity index (χ1v) is 10.2. The predicted octanol–water partition coefficient (Wildman–Crippen LogP) is 4.92. The van der Waals surface area contributed by atoms with Crippen LogP contribution in [0, 0.1) is 6.92 Å². The molecule has 0 atom stereocenters. The Labute approximate surface area is 178 Å². The smallest absolute Gasteiger partial charge is 0.311 e. The standard InChI is InChI=1S/C21H20ClN3O3S/c1-13-7-8-16(15(22)9-13)24-19(26)12-29-20-10-14(11-21(27)28-2)23-17-5-3-4-6-18(17)25-20/h3-10,23H,11-12H2,1-2H3,(H,24,26). The third kappa shape index (κ3) is 5.85. The monoisotopic (exact) mass is 429 g/mol. The number of carbonyl (C=O) groups excluding carboxylic acids is 2. The van der Waals surface area contributed by atoms with E-state index in [1.807, 2.05) is 37.3 Å². The number of hydrogen-bond donors (Lipinski definition) is 2. The molecular weight excluding hydrogens is 410 g/mol. The molecule has 2 aromatic rings. The third-order valence-corrected chi connectivity index (χ3v) is 5.26. The number of hydrogen-bond acceptors (Lipinski definition) is 6. The van der Waals surface area contributed by atoms with Crippen LogP contribution in [0.1, 0.15) is 12.0 Å². The van der Waals surface area contributed by atoms with Crippen molar-refractivity contribution in [2.75, 3.05) is 23.5 Å². The van der Waals surface area contributed by atoms with Crippen molar-refractivity contribution < 1.29 is 14.3 Å². The summed E-state index contributed by atoms with van der Waals surface area (Å²) in [4.78, 5) is 28.7. The minimum absolute atomic E-state index is 0.0790. The summed E-state index contributed by atoms with van der Waals surface area (Å²) in [5.74, 6) is -0.413. The van der Waals surface area contributed by atoms with Crippen LogP contribution in [-0.4, -0.2) is 29.8 Å². The summed E-state index contributed by atoms with van der Waals surface area (Å²) in [6.45, 7) is 1.93. The number of esters is 1. The Morgan fingerprint density at radius 1 is 1.24 bits per heavy atom. The van der Waals surface area contributed by atoms with Crippen molar-refractivity contribution in [3.63, 3.8) is 0 Å². The van der Waals surface area contributed by atoms with Gasteiger partial charge in [0, 0.05) is 5.70 Å². The van der Waals surface area contributed by atoms with Crippen LogP contribution < -0.4 is 10.6 Å². The van der Waals surface area contributed by atoms with Crippen molar-refractivity contribution in [3.05, 3.63) is 64.8 Å². The molecule has 0 unspecified atom stereocenters. The number of aliphatic imine (C=N–C) groups is 1. The second-order valence-electron chi connectivity index (χ2n) is 6.33. The number of para-hydroxylation sites is 2. The zero-order valence-electron chi connectivity index (χ0n) is 16.0. The number of thioether (sulfide) groups is 1. The van der Waals surface area contributed by atoms with E-state index in [1.165, 1.54) is 18.9 Å². The highest BCUT2D eigenvalue weighted by Crippen LogP contribution is 2.31. The number of halogens is 1. The zero-order chi connectivity index (χ0) is 20.8. The summed E-state index contributed by atoms with van der Waals surface area (Å²) in [7, 11) is 1.35. The molecule has 2 aromatic carbocycles. The molecule has 0 spiro atoms. The fourth-order valence-electron chi connectivity index (χ4n) is 2.63. The van der Waals surface area contributed by atoms with Gasteiger partial charge < -0.3 is 15.4 Å². The largest absolute Gasteiger partial charge is 0.469 e. The Balaban J connectivity index is 1.73. The summed E-state index contributed by atoms with van der Waals surface area (Å²) in [5, 5.41) is 7.13. The number of benzene rings is 2. The number of nitrogens with zero attached hydrogens (tertiary/aromatic N) is 1. The molecule has 1 heterocycles. The van der Waals surface area contributed by atoms with Gasteiger partial charge in [-0.05, 0) is 42.8 Å². The lowest BCUT2D eigenvalue weighted by Gasteiger charge is -2.09. The number of aryl methyl sites for hydroxylation is 1. The molecule has 0 saturated heterocycles. The van der Waals surface area contributed by atoms with E-state index in [0.29, 0.717) is 21.5 Å². The van der Waals surface area contributed by atoms with Crippen LogP contribution in [-0.2, 0) is 14.3 Å². The second kappa shape index (κ2) is 9.62. The van der Waals surface area contributed by atoms with Gasteiger partial charge in [-0.25, -0.2) is 4.99 Å². The molecule has 3 rings (SSSR count). The average Bonchev–Trinajstić information content (AvgIpc) is 2.87. The molecule has 2 N–H and O–H groups in total. The number of methoxy groups -OCH3 is 1. The van der Waals surface area contributed by atoms with E-state index in [9.17, 15) is 9.59 Å². The maximum atomic E-state index is 12.4. The highest BCUT2D eigenvalue weighted by Gasteiger charge is 2.15. The van der Waals surface area contributed by atoms with Gasteiger partial charge in [0.15, 0.2) is 0 Å². The summed E-state index contributed by atoms with van der Waals surface area (Å²) in [5.41, 5.74) is 3.75. The molecule has 6 nitrogen and oxygen atoms in total. The van der Waals surface area contributed by atoms with E-state index in [-0.39, 0.29) is 24.1 Å². The van der Waals surface area contributed by atoms with Crippen molar-refractivity contribution in [1.29, 1.82) is 0 Å². The summed E-state index contributed by atoms with van der Waals surface area (Å²) in [6, 6.07) is 13.0. The van der Waals surface area contributed by atoms with Crippen molar-refractivity contribution in [2.45, 2.75) is 13.3 Å². The lowest BCUT2D eigenvalue weighted by atomic mass is 10.2. The average molecular weight is 430 g/mol. The van der Waals surface area contributed by atoms with Gasteiger partial charge in [-0.1, -0.05) is 41.6 Å².